The molecule has 7 heteroatoms. The summed E-state index contributed by atoms with van der Waals surface area (Å²) in [5.74, 6) is -0.100. The summed E-state index contributed by atoms with van der Waals surface area (Å²) in [5.41, 5.74) is 5.75. The van der Waals surface area contributed by atoms with Crippen molar-refractivity contribution in [2.24, 2.45) is 0 Å². The Morgan fingerprint density at radius 3 is 2.44 bits per heavy atom. The summed E-state index contributed by atoms with van der Waals surface area (Å²) in [6.07, 6.45) is 3.69. The van der Waals surface area contributed by atoms with E-state index in [-0.39, 0.29) is 5.91 Å². The van der Waals surface area contributed by atoms with E-state index >= 15 is 0 Å². The van der Waals surface area contributed by atoms with Crippen molar-refractivity contribution in [3.8, 4) is 0 Å². The van der Waals surface area contributed by atoms with Crippen molar-refractivity contribution in [1.29, 1.82) is 0 Å². The highest BCUT2D eigenvalue weighted by atomic mass is 16.1. The summed E-state index contributed by atoms with van der Waals surface area (Å²) in [7, 11) is 0. The first kappa shape index (κ1) is 19.7. The highest BCUT2D eigenvalue weighted by molar-refractivity contribution is 5.94. The Hall–Kier alpha value is -4.26. The van der Waals surface area contributed by atoms with Gasteiger partial charge >= 0.3 is 0 Å². The number of rotatable bonds is 7. The minimum atomic E-state index is -0.100. The van der Waals surface area contributed by atoms with Gasteiger partial charge in [0, 0.05) is 24.5 Å². The van der Waals surface area contributed by atoms with Gasteiger partial charge < -0.3 is 5.32 Å². The monoisotopic (exact) mass is 422 g/mol. The zero-order chi connectivity index (χ0) is 21.8. The lowest BCUT2D eigenvalue weighted by Crippen LogP contribution is -2.23. The first-order valence-corrected chi connectivity index (χ1v) is 10.5. The summed E-state index contributed by atoms with van der Waals surface area (Å²) in [6.45, 7) is 1.73. The molecule has 2 aromatic heterocycles. The molecule has 0 aliphatic carbocycles. The van der Waals surface area contributed by atoms with Crippen LogP contribution in [-0.2, 0) is 19.6 Å². The molecular formula is C25H22N6O. The van der Waals surface area contributed by atoms with E-state index in [9.17, 15) is 4.79 Å². The van der Waals surface area contributed by atoms with Crippen LogP contribution in [0.3, 0.4) is 0 Å². The number of nitrogens with zero attached hydrogens (tertiary/aromatic N) is 5. The summed E-state index contributed by atoms with van der Waals surface area (Å²) >= 11 is 0. The van der Waals surface area contributed by atoms with Gasteiger partial charge in [-0.1, -0.05) is 53.7 Å². The SMILES string of the molecule is O=C(NCc1ccccc1Cn1cccn1)c1ccc(Cn2nnc3ccccc32)cc1. The number of benzene rings is 3. The lowest BCUT2D eigenvalue weighted by molar-refractivity contribution is 0.0951. The number of fused-ring (bicyclic) bond motifs is 1. The van der Waals surface area contributed by atoms with Crippen molar-refractivity contribution < 1.29 is 4.79 Å². The number of aromatic nitrogens is 5. The van der Waals surface area contributed by atoms with Gasteiger partial charge in [0.25, 0.3) is 5.91 Å². The lowest BCUT2D eigenvalue weighted by Gasteiger charge is -2.11. The normalized spacial score (nSPS) is 11.0. The maximum atomic E-state index is 12.7. The molecule has 0 radical (unpaired) electrons. The van der Waals surface area contributed by atoms with Crippen LogP contribution in [0.2, 0.25) is 0 Å². The number of amides is 1. The molecule has 0 fully saturated rings. The van der Waals surface area contributed by atoms with E-state index in [0.717, 1.165) is 27.7 Å². The summed E-state index contributed by atoms with van der Waals surface area (Å²) in [5, 5.41) is 15.7. The van der Waals surface area contributed by atoms with Crippen LogP contribution < -0.4 is 5.32 Å². The second-order valence-corrected chi connectivity index (χ2v) is 7.59. The van der Waals surface area contributed by atoms with Crippen molar-refractivity contribution in [2.75, 3.05) is 0 Å². The van der Waals surface area contributed by atoms with Crippen LogP contribution >= 0.6 is 0 Å². The molecule has 0 saturated carbocycles. The smallest absolute Gasteiger partial charge is 0.251 e. The Kier molecular flexibility index (Phi) is 5.45. The maximum Gasteiger partial charge on any atom is 0.251 e. The van der Waals surface area contributed by atoms with Gasteiger partial charge in [-0.15, -0.1) is 5.10 Å². The van der Waals surface area contributed by atoms with E-state index in [1.54, 1.807) is 6.20 Å². The van der Waals surface area contributed by atoms with Gasteiger partial charge in [0.2, 0.25) is 0 Å². The standard InChI is InChI=1S/C25H22N6O/c32-25(26-16-21-6-1-2-7-22(21)18-30-15-5-14-27-30)20-12-10-19(11-13-20)17-31-24-9-4-3-8-23(24)28-29-31/h1-15H,16-18H2,(H,26,32). The van der Waals surface area contributed by atoms with Crippen molar-refractivity contribution in [3.05, 3.63) is 114 Å². The third-order valence-electron chi connectivity index (χ3n) is 5.42. The number of hydrogen-bond donors (Lipinski definition) is 1. The second kappa shape index (κ2) is 8.85. The number of para-hydroxylation sites is 1. The molecule has 0 unspecified atom stereocenters. The molecule has 0 atom stereocenters. The molecule has 2 heterocycles. The summed E-state index contributed by atoms with van der Waals surface area (Å²) in [4.78, 5) is 12.7. The van der Waals surface area contributed by atoms with Gasteiger partial charge in [-0.2, -0.15) is 5.10 Å². The lowest BCUT2D eigenvalue weighted by atomic mass is 10.1. The van der Waals surface area contributed by atoms with Crippen LogP contribution in [0.15, 0.2) is 91.3 Å². The second-order valence-electron chi connectivity index (χ2n) is 7.59. The average molecular weight is 422 g/mol. The van der Waals surface area contributed by atoms with Gasteiger partial charge in [0.15, 0.2) is 0 Å². The fourth-order valence-electron chi connectivity index (χ4n) is 3.70. The van der Waals surface area contributed by atoms with Crippen molar-refractivity contribution >= 4 is 16.9 Å². The molecule has 7 nitrogen and oxygen atoms in total. The average Bonchev–Trinajstić information content (AvgIpc) is 3.49. The predicted octanol–water partition coefficient (Wildman–Crippen LogP) is 3.65. The fraction of sp³-hybridized carbons (Fsp3) is 0.120. The molecule has 0 saturated heterocycles. The third-order valence-corrected chi connectivity index (χ3v) is 5.42. The third kappa shape index (κ3) is 4.27. The number of nitrogens with one attached hydrogen (secondary N) is 1. The fourth-order valence-corrected chi connectivity index (χ4v) is 3.70. The van der Waals surface area contributed by atoms with Crippen LogP contribution in [0.4, 0.5) is 0 Å². The molecular weight excluding hydrogens is 400 g/mol. The zero-order valence-electron chi connectivity index (χ0n) is 17.4. The molecule has 1 N–H and O–H groups in total. The molecule has 3 aromatic carbocycles. The van der Waals surface area contributed by atoms with Crippen LogP contribution in [0.25, 0.3) is 11.0 Å². The topological polar surface area (TPSA) is 77.6 Å². The molecule has 0 aliphatic heterocycles. The molecule has 0 bridgehead atoms. The molecule has 5 rings (SSSR count). The van der Waals surface area contributed by atoms with E-state index in [1.165, 1.54) is 0 Å². The van der Waals surface area contributed by atoms with E-state index < -0.39 is 0 Å². The van der Waals surface area contributed by atoms with Gasteiger partial charge in [-0.05, 0) is 47.0 Å². The van der Waals surface area contributed by atoms with Gasteiger partial charge in [-0.3, -0.25) is 9.48 Å². The number of carbonyl (C=O) groups excluding carboxylic acids is 1. The minimum Gasteiger partial charge on any atom is -0.348 e. The first-order valence-electron chi connectivity index (χ1n) is 10.5. The number of hydrogen-bond acceptors (Lipinski definition) is 4. The van der Waals surface area contributed by atoms with Gasteiger partial charge in [-0.25, -0.2) is 4.68 Å². The van der Waals surface area contributed by atoms with E-state index in [1.807, 2.05) is 88.4 Å². The summed E-state index contributed by atoms with van der Waals surface area (Å²) < 4.78 is 3.73. The maximum absolute atomic E-state index is 12.7. The Morgan fingerprint density at radius 1 is 0.844 bits per heavy atom. The van der Waals surface area contributed by atoms with Crippen molar-refractivity contribution in [3.63, 3.8) is 0 Å². The van der Waals surface area contributed by atoms with Crippen molar-refractivity contribution in [1.82, 2.24) is 30.1 Å². The van der Waals surface area contributed by atoms with Crippen LogP contribution in [0.1, 0.15) is 27.0 Å². The minimum absolute atomic E-state index is 0.100. The quantitative estimate of drug-likeness (QED) is 0.434. The zero-order valence-corrected chi connectivity index (χ0v) is 17.4. The Balaban J connectivity index is 1.23. The molecule has 1 amide bonds. The molecule has 0 aliphatic rings. The molecule has 158 valence electrons. The van der Waals surface area contributed by atoms with Crippen LogP contribution in [0.5, 0.6) is 0 Å². The summed E-state index contributed by atoms with van der Waals surface area (Å²) in [6, 6.07) is 25.5. The highest BCUT2D eigenvalue weighted by Gasteiger charge is 2.09. The Morgan fingerprint density at radius 2 is 1.62 bits per heavy atom. The molecule has 0 spiro atoms. The Labute approximate surface area is 185 Å². The largest absolute Gasteiger partial charge is 0.348 e. The number of carbonyl (C=O) groups is 1. The molecule has 32 heavy (non-hydrogen) atoms. The Bertz CT molecular complexity index is 1340. The van der Waals surface area contributed by atoms with E-state index in [2.05, 4.69) is 26.8 Å². The van der Waals surface area contributed by atoms with Gasteiger partial charge in [0.05, 0.1) is 18.6 Å². The highest BCUT2D eigenvalue weighted by Crippen LogP contribution is 2.14. The predicted molar refractivity (Wildman–Crippen MR) is 122 cm³/mol. The van der Waals surface area contributed by atoms with Crippen molar-refractivity contribution in [2.45, 2.75) is 19.6 Å². The van der Waals surface area contributed by atoms with Gasteiger partial charge in [0.1, 0.15) is 5.52 Å². The van der Waals surface area contributed by atoms with Crippen LogP contribution in [0, 0.1) is 0 Å². The first-order chi connectivity index (χ1) is 15.8. The van der Waals surface area contributed by atoms with E-state index in [0.29, 0.717) is 25.2 Å². The van der Waals surface area contributed by atoms with Crippen LogP contribution in [-0.4, -0.2) is 30.7 Å². The molecule has 5 aromatic rings. The van der Waals surface area contributed by atoms with E-state index in [4.69, 9.17) is 0 Å².